The van der Waals surface area contributed by atoms with Gasteiger partial charge in [0.1, 0.15) is 5.69 Å². The van der Waals surface area contributed by atoms with Gasteiger partial charge in [0.15, 0.2) is 11.6 Å². The van der Waals surface area contributed by atoms with E-state index in [2.05, 4.69) is 20.6 Å². The van der Waals surface area contributed by atoms with E-state index < -0.39 is 17.5 Å². The van der Waals surface area contributed by atoms with Gasteiger partial charge in [0.05, 0.1) is 0 Å². The molecular weight excluding hydrogens is 362 g/mol. The number of halogens is 3. The summed E-state index contributed by atoms with van der Waals surface area (Å²) in [4.78, 5) is 20.5. The van der Waals surface area contributed by atoms with Gasteiger partial charge in [-0.1, -0.05) is 17.7 Å². The number of amides is 1. The Hall–Kier alpha value is -3.06. The van der Waals surface area contributed by atoms with E-state index in [4.69, 9.17) is 11.6 Å². The normalized spacial score (nSPS) is 10.5. The Morgan fingerprint density at radius 3 is 2.69 bits per heavy atom. The molecule has 0 saturated heterocycles. The van der Waals surface area contributed by atoms with Crippen molar-refractivity contribution in [1.29, 1.82) is 0 Å². The molecule has 3 aromatic rings. The maximum absolute atomic E-state index is 13.2. The van der Waals surface area contributed by atoms with E-state index in [0.29, 0.717) is 10.7 Å². The van der Waals surface area contributed by atoms with Gasteiger partial charge in [-0.05, 0) is 42.8 Å². The van der Waals surface area contributed by atoms with Crippen LogP contribution in [0.2, 0.25) is 5.02 Å². The number of rotatable bonds is 4. The summed E-state index contributed by atoms with van der Waals surface area (Å²) in [7, 11) is 0. The standard InChI is InChI=1S/C18H13ClF2N4O/c1-10-12(19)3-2-4-15(10)24-18-22-8-7-16(25-18)17(26)23-11-5-6-13(20)14(21)9-11/h2-9H,1H3,(H,23,26)(H,22,24,25). The van der Waals surface area contributed by atoms with Crippen LogP contribution in [0.25, 0.3) is 0 Å². The van der Waals surface area contributed by atoms with Crippen LogP contribution in [0.15, 0.2) is 48.7 Å². The second-order valence-corrected chi connectivity index (χ2v) is 5.79. The molecule has 0 aliphatic heterocycles. The highest BCUT2D eigenvalue weighted by Crippen LogP contribution is 2.25. The highest BCUT2D eigenvalue weighted by atomic mass is 35.5. The van der Waals surface area contributed by atoms with Crippen molar-refractivity contribution in [2.75, 3.05) is 10.6 Å². The molecule has 1 amide bonds. The van der Waals surface area contributed by atoms with Crippen molar-refractivity contribution >= 4 is 34.8 Å². The molecule has 0 bridgehead atoms. The monoisotopic (exact) mass is 374 g/mol. The number of benzene rings is 2. The van der Waals surface area contributed by atoms with Crippen LogP contribution in [-0.2, 0) is 0 Å². The lowest BCUT2D eigenvalue weighted by molar-refractivity contribution is 0.102. The summed E-state index contributed by atoms with van der Waals surface area (Å²) < 4.78 is 26.2. The first-order chi connectivity index (χ1) is 12.4. The zero-order valence-electron chi connectivity index (χ0n) is 13.6. The maximum atomic E-state index is 13.2. The van der Waals surface area contributed by atoms with E-state index in [1.807, 2.05) is 6.92 Å². The molecule has 132 valence electrons. The average Bonchev–Trinajstić information content (AvgIpc) is 2.62. The number of aromatic nitrogens is 2. The molecule has 2 aromatic carbocycles. The highest BCUT2D eigenvalue weighted by Gasteiger charge is 2.12. The molecule has 0 fully saturated rings. The van der Waals surface area contributed by atoms with Crippen LogP contribution >= 0.6 is 11.6 Å². The Labute approximate surface area is 153 Å². The lowest BCUT2D eigenvalue weighted by atomic mass is 10.2. The van der Waals surface area contributed by atoms with Gasteiger partial charge in [0.25, 0.3) is 5.91 Å². The van der Waals surface area contributed by atoms with Crippen LogP contribution in [0.1, 0.15) is 16.1 Å². The largest absolute Gasteiger partial charge is 0.324 e. The second-order valence-electron chi connectivity index (χ2n) is 5.39. The molecule has 0 atom stereocenters. The quantitative estimate of drug-likeness (QED) is 0.694. The zero-order chi connectivity index (χ0) is 18.7. The summed E-state index contributed by atoms with van der Waals surface area (Å²) in [6, 6.07) is 9.82. The summed E-state index contributed by atoms with van der Waals surface area (Å²) in [6.45, 7) is 1.84. The molecule has 0 aliphatic carbocycles. The first-order valence-electron chi connectivity index (χ1n) is 7.55. The lowest BCUT2D eigenvalue weighted by Gasteiger charge is -2.10. The van der Waals surface area contributed by atoms with Crippen molar-refractivity contribution in [1.82, 2.24) is 9.97 Å². The molecule has 26 heavy (non-hydrogen) atoms. The summed E-state index contributed by atoms with van der Waals surface area (Å²) >= 11 is 6.07. The number of carbonyl (C=O) groups is 1. The van der Waals surface area contributed by atoms with E-state index in [9.17, 15) is 13.6 Å². The Morgan fingerprint density at radius 2 is 1.92 bits per heavy atom. The smallest absolute Gasteiger partial charge is 0.274 e. The minimum atomic E-state index is -1.05. The Balaban J connectivity index is 1.79. The fraction of sp³-hybridized carbons (Fsp3) is 0.0556. The number of nitrogens with one attached hydrogen (secondary N) is 2. The van der Waals surface area contributed by atoms with Crippen molar-refractivity contribution in [3.8, 4) is 0 Å². The summed E-state index contributed by atoms with van der Waals surface area (Å²) in [5.41, 5.74) is 1.70. The summed E-state index contributed by atoms with van der Waals surface area (Å²) in [5.74, 6) is -2.42. The van der Waals surface area contributed by atoms with E-state index in [1.54, 1.807) is 18.2 Å². The van der Waals surface area contributed by atoms with Crippen LogP contribution < -0.4 is 10.6 Å². The van der Waals surface area contributed by atoms with Crippen LogP contribution in [-0.4, -0.2) is 15.9 Å². The average molecular weight is 375 g/mol. The van der Waals surface area contributed by atoms with Gasteiger partial charge in [0.2, 0.25) is 5.95 Å². The molecule has 8 heteroatoms. The molecule has 1 heterocycles. The molecule has 2 N–H and O–H groups in total. The van der Waals surface area contributed by atoms with Gasteiger partial charge in [-0.25, -0.2) is 18.7 Å². The third kappa shape index (κ3) is 3.94. The minimum absolute atomic E-state index is 0.0620. The number of nitrogens with zero attached hydrogens (tertiary/aromatic N) is 2. The van der Waals surface area contributed by atoms with E-state index in [0.717, 1.165) is 17.7 Å². The predicted molar refractivity (Wildman–Crippen MR) is 95.8 cm³/mol. The topological polar surface area (TPSA) is 66.9 Å². The number of carbonyl (C=O) groups excluding carboxylic acids is 1. The number of hydrogen-bond acceptors (Lipinski definition) is 4. The Bertz CT molecular complexity index is 981. The molecule has 1 aromatic heterocycles. The van der Waals surface area contributed by atoms with Crippen molar-refractivity contribution in [2.45, 2.75) is 6.92 Å². The van der Waals surface area contributed by atoms with Crippen LogP contribution in [0.3, 0.4) is 0 Å². The molecule has 0 radical (unpaired) electrons. The van der Waals surface area contributed by atoms with Crippen LogP contribution in [0.5, 0.6) is 0 Å². The SMILES string of the molecule is Cc1c(Cl)cccc1Nc1nccc(C(=O)Nc2ccc(F)c(F)c2)n1. The van der Waals surface area contributed by atoms with Crippen LogP contribution in [0.4, 0.5) is 26.1 Å². The van der Waals surface area contributed by atoms with E-state index in [-0.39, 0.29) is 17.3 Å². The maximum Gasteiger partial charge on any atom is 0.274 e. The van der Waals surface area contributed by atoms with E-state index >= 15 is 0 Å². The first-order valence-corrected chi connectivity index (χ1v) is 7.93. The Morgan fingerprint density at radius 1 is 1.12 bits per heavy atom. The number of hydrogen-bond donors (Lipinski definition) is 2. The van der Waals surface area contributed by atoms with Gasteiger partial charge < -0.3 is 10.6 Å². The van der Waals surface area contributed by atoms with Crippen molar-refractivity contribution in [3.63, 3.8) is 0 Å². The highest BCUT2D eigenvalue weighted by molar-refractivity contribution is 6.31. The molecule has 5 nitrogen and oxygen atoms in total. The molecule has 0 unspecified atom stereocenters. The molecule has 0 saturated carbocycles. The zero-order valence-corrected chi connectivity index (χ0v) is 14.3. The predicted octanol–water partition coefficient (Wildman–Crippen LogP) is 4.71. The van der Waals surface area contributed by atoms with Gasteiger partial charge in [0, 0.05) is 28.7 Å². The fourth-order valence-corrected chi connectivity index (χ4v) is 2.35. The molecule has 3 rings (SSSR count). The Kier molecular flexibility index (Phi) is 5.09. The van der Waals surface area contributed by atoms with Gasteiger partial charge in [-0.15, -0.1) is 0 Å². The van der Waals surface area contributed by atoms with Crippen molar-refractivity contribution in [3.05, 3.63) is 76.6 Å². The lowest BCUT2D eigenvalue weighted by Crippen LogP contribution is -2.15. The third-order valence-electron chi connectivity index (χ3n) is 3.58. The van der Waals surface area contributed by atoms with Crippen molar-refractivity contribution in [2.24, 2.45) is 0 Å². The molecule has 0 aliphatic rings. The third-order valence-corrected chi connectivity index (χ3v) is 3.99. The van der Waals surface area contributed by atoms with Gasteiger partial charge >= 0.3 is 0 Å². The molecular formula is C18H13ClF2N4O. The fourth-order valence-electron chi connectivity index (χ4n) is 2.18. The minimum Gasteiger partial charge on any atom is -0.324 e. The second kappa shape index (κ2) is 7.45. The van der Waals surface area contributed by atoms with E-state index in [1.165, 1.54) is 18.3 Å². The van der Waals surface area contributed by atoms with Gasteiger partial charge in [-0.3, -0.25) is 4.79 Å². The van der Waals surface area contributed by atoms with Crippen LogP contribution in [0, 0.1) is 18.6 Å². The summed E-state index contributed by atoms with van der Waals surface area (Å²) in [5, 5.41) is 6.03. The summed E-state index contributed by atoms with van der Waals surface area (Å²) in [6.07, 6.45) is 1.41. The van der Waals surface area contributed by atoms with Crippen molar-refractivity contribution < 1.29 is 13.6 Å². The molecule has 0 spiro atoms. The number of anilines is 3. The van der Waals surface area contributed by atoms with Gasteiger partial charge in [-0.2, -0.15) is 0 Å². The first kappa shape index (κ1) is 17.8.